The Labute approximate surface area is 82.3 Å². The van der Waals surface area contributed by atoms with Gasteiger partial charge in [-0.2, -0.15) is 0 Å². The Hall–Kier alpha value is -0.730. The van der Waals surface area contributed by atoms with Gasteiger partial charge >= 0.3 is 0 Å². The normalized spacial score (nSPS) is 29.6. The topological polar surface area (TPSA) is 24.1 Å². The van der Waals surface area contributed by atoms with Crippen molar-refractivity contribution in [3.63, 3.8) is 0 Å². The molecule has 0 aromatic heterocycles. The van der Waals surface area contributed by atoms with Crippen LogP contribution >= 0.6 is 11.6 Å². The second kappa shape index (κ2) is 2.63. The average molecular weight is 195 g/mol. The van der Waals surface area contributed by atoms with E-state index in [1.54, 1.807) is 0 Å². The Bertz CT molecular complexity index is 351. The van der Waals surface area contributed by atoms with E-state index in [0.717, 1.165) is 23.8 Å². The molecule has 68 valence electrons. The highest BCUT2D eigenvalue weighted by Crippen LogP contribution is 2.41. The average Bonchev–Trinajstić information content (AvgIpc) is 2.65. The number of hydrogen-bond donors (Lipinski definition) is 2. The molecule has 0 amide bonds. The van der Waals surface area contributed by atoms with Gasteiger partial charge in [-0.15, -0.1) is 0 Å². The fourth-order valence-corrected chi connectivity index (χ4v) is 2.58. The summed E-state index contributed by atoms with van der Waals surface area (Å²) in [5.41, 5.74) is 2.53. The highest BCUT2D eigenvalue weighted by Gasteiger charge is 2.36. The second-order valence-electron chi connectivity index (χ2n) is 3.72. The number of halogens is 1. The standard InChI is InChI=1S/C10H11ClN2/c11-8-3-1-2-6-7-4-12-5-9(7)13-10(6)8/h1-3,7,9,12-13H,4-5H2. The summed E-state index contributed by atoms with van der Waals surface area (Å²) < 4.78 is 0. The Kier molecular flexibility index (Phi) is 1.55. The molecule has 3 rings (SSSR count). The Morgan fingerprint density at radius 1 is 1.31 bits per heavy atom. The van der Waals surface area contributed by atoms with Crippen molar-refractivity contribution >= 4 is 17.3 Å². The molecule has 2 aliphatic heterocycles. The van der Waals surface area contributed by atoms with Crippen LogP contribution in [0.1, 0.15) is 11.5 Å². The molecule has 0 spiro atoms. The third kappa shape index (κ3) is 0.990. The summed E-state index contributed by atoms with van der Waals surface area (Å²) in [5.74, 6) is 0.619. The molecular formula is C10H11ClN2. The molecule has 13 heavy (non-hydrogen) atoms. The fourth-order valence-electron chi connectivity index (χ4n) is 2.34. The van der Waals surface area contributed by atoms with Crippen LogP contribution in [0, 0.1) is 0 Å². The molecule has 2 atom stereocenters. The zero-order chi connectivity index (χ0) is 8.84. The van der Waals surface area contributed by atoms with Gasteiger partial charge in [0.2, 0.25) is 0 Å². The molecule has 2 heterocycles. The first-order valence-corrected chi connectivity index (χ1v) is 5.00. The summed E-state index contributed by atoms with van der Waals surface area (Å²) >= 11 is 6.10. The highest BCUT2D eigenvalue weighted by atomic mass is 35.5. The molecule has 1 aromatic rings. The van der Waals surface area contributed by atoms with Gasteiger partial charge in [0.15, 0.2) is 0 Å². The van der Waals surface area contributed by atoms with Crippen LogP contribution < -0.4 is 10.6 Å². The molecule has 0 aliphatic carbocycles. The number of nitrogens with one attached hydrogen (secondary N) is 2. The smallest absolute Gasteiger partial charge is 0.0640 e. The minimum absolute atomic E-state index is 0.551. The molecule has 1 saturated heterocycles. The van der Waals surface area contributed by atoms with Gasteiger partial charge in [-0.05, 0) is 11.6 Å². The molecule has 0 bridgehead atoms. The Morgan fingerprint density at radius 3 is 3.15 bits per heavy atom. The molecule has 2 unspecified atom stereocenters. The first-order chi connectivity index (χ1) is 6.36. The number of para-hydroxylation sites is 1. The molecule has 1 fully saturated rings. The molecule has 0 saturated carbocycles. The van der Waals surface area contributed by atoms with Gasteiger partial charge in [0.25, 0.3) is 0 Å². The molecule has 0 radical (unpaired) electrons. The van der Waals surface area contributed by atoms with Crippen LogP contribution in [-0.2, 0) is 0 Å². The van der Waals surface area contributed by atoms with E-state index < -0.39 is 0 Å². The van der Waals surface area contributed by atoms with Gasteiger partial charge in [0.05, 0.1) is 10.7 Å². The largest absolute Gasteiger partial charge is 0.379 e. The first-order valence-electron chi connectivity index (χ1n) is 4.62. The van der Waals surface area contributed by atoms with Crippen molar-refractivity contribution in [1.29, 1.82) is 0 Å². The maximum absolute atomic E-state index is 6.10. The van der Waals surface area contributed by atoms with Gasteiger partial charge in [-0.25, -0.2) is 0 Å². The van der Waals surface area contributed by atoms with Gasteiger partial charge < -0.3 is 10.6 Å². The minimum Gasteiger partial charge on any atom is -0.379 e. The Morgan fingerprint density at radius 2 is 2.23 bits per heavy atom. The Balaban J connectivity index is 2.12. The van der Waals surface area contributed by atoms with E-state index in [4.69, 9.17) is 11.6 Å². The number of hydrogen-bond acceptors (Lipinski definition) is 2. The van der Waals surface area contributed by atoms with Crippen molar-refractivity contribution in [3.05, 3.63) is 28.8 Å². The van der Waals surface area contributed by atoms with E-state index in [0.29, 0.717) is 12.0 Å². The van der Waals surface area contributed by atoms with Crippen LogP contribution in [0.5, 0.6) is 0 Å². The lowest BCUT2D eigenvalue weighted by Gasteiger charge is -2.06. The quantitative estimate of drug-likeness (QED) is 0.659. The third-order valence-corrected chi connectivity index (χ3v) is 3.30. The minimum atomic E-state index is 0.551. The van der Waals surface area contributed by atoms with Gasteiger partial charge in [0.1, 0.15) is 0 Å². The van der Waals surface area contributed by atoms with Crippen LogP contribution in [0.15, 0.2) is 18.2 Å². The molecule has 1 aromatic carbocycles. The SMILES string of the molecule is Clc1cccc2c1NC1CNCC21. The number of anilines is 1. The number of fused-ring (bicyclic) bond motifs is 3. The molecule has 3 heteroatoms. The zero-order valence-corrected chi connectivity index (χ0v) is 7.93. The van der Waals surface area contributed by atoms with Crippen LogP contribution in [0.3, 0.4) is 0 Å². The van der Waals surface area contributed by atoms with Gasteiger partial charge in [0, 0.05) is 25.0 Å². The van der Waals surface area contributed by atoms with Crippen molar-refractivity contribution in [2.75, 3.05) is 18.4 Å². The second-order valence-corrected chi connectivity index (χ2v) is 4.13. The summed E-state index contributed by atoms with van der Waals surface area (Å²) in [6, 6.07) is 6.70. The summed E-state index contributed by atoms with van der Waals surface area (Å²) in [6.07, 6.45) is 0. The van der Waals surface area contributed by atoms with Crippen molar-refractivity contribution in [2.24, 2.45) is 0 Å². The summed E-state index contributed by atoms with van der Waals surface area (Å²) in [7, 11) is 0. The van der Waals surface area contributed by atoms with Crippen molar-refractivity contribution in [1.82, 2.24) is 5.32 Å². The van der Waals surface area contributed by atoms with E-state index in [1.807, 2.05) is 12.1 Å². The van der Waals surface area contributed by atoms with E-state index >= 15 is 0 Å². The summed E-state index contributed by atoms with van der Waals surface area (Å²) in [5, 5.41) is 7.70. The van der Waals surface area contributed by atoms with Crippen molar-refractivity contribution in [2.45, 2.75) is 12.0 Å². The van der Waals surface area contributed by atoms with Crippen molar-refractivity contribution in [3.8, 4) is 0 Å². The highest BCUT2D eigenvalue weighted by molar-refractivity contribution is 6.33. The lowest BCUT2D eigenvalue weighted by molar-refractivity contribution is 0.736. The molecule has 2 N–H and O–H groups in total. The maximum Gasteiger partial charge on any atom is 0.0640 e. The van der Waals surface area contributed by atoms with E-state index in [2.05, 4.69) is 16.7 Å². The lowest BCUT2D eigenvalue weighted by atomic mass is 9.98. The van der Waals surface area contributed by atoms with E-state index in [9.17, 15) is 0 Å². The van der Waals surface area contributed by atoms with E-state index in [-0.39, 0.29) is 0 Å². The van der Waals surface area contributed by atoms with Gasteiger partial charge in [-0.1, -0.05) is 23.7 Å². The molecule has 2 aliphatic rings. The predicted molar refractivity (Wildman–Crippen MR) is 54.5 cm³/mol. The summed E-state index contributed by atoms with van der Waals surface area (Å²) in [6.45, 7) is 2.13. The van der Waals surface area contributed by atoms with Gasteiger partial charge in [-0.3, -0.25) is 0 Å². The molecule has 2 nitrogen and oxygen atoms in total. The predicted octanol–water partition coefficient (Wildman–Crippen LogP) is 1.82. The number of benzene rings is 1. The third-order valence-electron chi connectivity index (χ3n) is 2.99. The fraction of sp³-hybridized carbons (Fsp3) is 0.400. The summed E-state index contributed by atoms with van der Waals surface area (Å²) in [4.78, 5) is 0. The maximum atomic E-state index is 6.10. The van der Waals surface area contributed by atoms with E-state index in [1.165, 1.54) is 5.56 Å². The van der Waals surface area contributed by atoms with Crippen LogP contribution in [0.4, 0.5) is 5.69 Å². The van der Waals surface area contributed by atoms with Crippen LogP contribution in [0.25, 0.3) is 0 Å². The number of rotatable bonds is 0. The monoisotopic (exact) mass is 194 g/mol. The zero-order valence-electron chi connectivity index (χ0n) is 7.18. The van der Waals surface area contributed by atoms with Crippen LogP contribution in [0.2, 0.25) is 5.02 Å². The molecular weight excluding hydrogens is 184 g/mol. The van der Waals surface area contributed by atoms with Crippen LogP contribution in [-0.4, -0.2) is 19.1 Å². The first kappa shape index (κ1) is 7.65. The van der Waals surface area contributed by atoms with Crippen molar-refractivity contribution < 1.29 is 0 Å². The lowest BCUT2D eigenvalue weighted by Crippen LogP contribution is -2.20.